The molecule has 1 atom stereocenters. The molecule has 0 aliphatic heterocycles. The summed E-state index contributed by atoms with van der Waals surface area (Å²) in [6.45, 7) is 1.95. The third kappa shape index (κ3) is 1.99. The zero-order valence-electron chi connectivity index (χ0n) is 10.2. The molecule has 3 nitrogen and oxygen atoms in total. The van der Waals surface area contributed by atoms with Crippen molar-refractivity contribution in [3.63, 3.8) is 0 Å². The zero-order chi connectivity index (χ0) is 12.7. The fraction of sp³-hybridized carbons (Fsp3) is 0.538. The van der Waals surface area contributed by atoms with Gasteiger partial charge in [0.25, 0.3) is 0 Å². The molecule has 0 bridgehead atoms. The van der Waals surface area contributed by atoms with E-state index in [0.29, 0.717) is 11.1 Å². The van der Waals surface area contributed by atoms with Gasteiger partial charge in [0.15, 0.2) is 5.65 Å². The number of imidazole rings is 1. The normalized spacial score (nSPS) is 18.6. The van der Waals surface area contributed by atoms with Crippen molar-refractivity contribution in [3.8, 4) is 0 Å². The third-order valence-corrected chi connectivity index (χ3v) is 3.97. The monoisotopic (exact) mass is 283 g/mol. The Morgan fingerprint density at radius 1 is 1.39 bits per heavy atom. The second-order valence-corrected chi connectivity index (χ2v) is 5.98. The van der Waals surface area contributed by atoms with E-state index in [1.807, 2.05) is 13.0 Å². The molecule has 0 saturated heterocycles. The molecule has 0 aromatic carbocycles. The summed E-state index contributed by atoms with van der Waals surface area (Å²) in [5.41, 5.74) is 1.76. The first-order chi connectivity index (χ1) is 8.66. The smallest absolute Gasteiger partial charge is 0.160 e. The number of alkyl halides is 1. The minimum atomic E-state index is -0.112. The first-order valence-corrected chi connectivity index (χ1v) is 7.15. The fourth-order valence-electron chi connectivity index (χ4n) is 2.78. The van der Waals surface area contributed by atoms with Gasteiger partial charge in [-0.1, -0.05) is 24.4 Å². The number of rotatable bonds is 2. The molecule has 3 rings (SSSR count). The lowest BCUT2D eigenvalue weighted by Crippen LogP contribution is -2.10. The standard InChI is InChI=1S/C13H15Cl2N3/c1-8(14)12-17-11-6-9(15)7-16-13(11)18(12)10-4-2-3-5-10/h6-8,10H,2-5H2,1H3. The Balaban J connectivity index is 2.21. The average molecular weight is 284 g/mol. The van der Waals surface area contributed by atoms with Crippen LogP contribution in [0.4, 0.5) is 0 Å². The number of nitrogens with zero attached hydrogens (tertiary/aromatic N) is 3. The Labute approximate surface area is 116 Å². The van der Waals surface area contributed by atoms with Crippen LogP contribution in [0.15, 0.2) is 12.3 Å². The van der Waals surface area contributed by atoms with Crippen molar-refractivity contribution < 1.29 is 0 Å². The molecule has 18 heavy (non-hydrogen) atoms. The highest BCUT2D eigenvalue weighted by atomic mass is 35.5. The van der Waals surface area contributed by atoms with E-state index < -0.39 is 0 Å². The molecule has 2 aromatic heterocycles. The van der Waals surface area contributed by atoms with Crippen LogP contribution in [0.1, 0.15) is 49.9 Å². The second-order valence-electron chi connectivity index (χ2n) is 4.89. The summed E-state index contributed by atoms with van der Waals surface area (Å²) in [5, 5.41) is 0.505. The van der Waals surface area contributed by atoms with Crippen LogP contribution in [0.3, 0.4) is 0 Å². The highest BCUT2D eigenvalue weighted by Crippen LogP contribution is 2.36. The number of aromatic nitrogens is 3. The molecule has 1 unspecified atom stereocenters. The van der Waals surface area contributed by atoms with E-state index in [2.05, 4.69) is 14.5 Å². The van der Waals surface area contributed by atoms with Crippen molar-refractivity contribution in [2.75, 3.05) is 0 Å². The first kappa shape index (κ1) is 12.2. The van der Waals surface area contributed by atoms with E-state index in [1.165, 1.54) is 25.7 Å². The Bertz CT molecular complexity index is 571. The number of fused-ring (bicyclic) bond motifs is 1. The van der Waals surface area contributed by atoms with Crippen LogP contribution >= 0.6 is 23.2 Å². The van der Waals surface area contributed by atoms with Crippen LogP contribution in [-0.4, -0.2) is 14.5 Å². The van der Waals surface area contributed by atoms with E-state index in [-0.39, 0.29) is 5.38 Å². The number of hydrogen-bond donors (Lipinski definition) is 0. The van der Waals surface area contributed by atoms with Crippen LogP contribution in [0.5, 0.6) is 0 Å². The van der Waals surface area contributed by atoms with E-state index in [1.54, 1.807) is 6.20 Å². The Morgan fingerprint density at radius 3 is 2.78 bits per heavy atom. The Morgan fingerprint density at radius 2 is 2.11 bits per heavy atom. The van der Waals surface area contributed by atoms with Crippen molar-refractivity contribution >= 4 is 34.4 Å². The average Bonchev–Trinajstić information content (AvgIpc) is 2.92. The third-order valence-electron chi connectivity index (χ3n) is 3.57. The van der Waals surface area contributed by atoms with Crippen molar-refractivity contribution in [2.45, 2.75) is 44.0 Å². The lowest BCUT2D eigenvalue weighted by Gasteiger charge is -2.16. The molecular weight excluding hydrogens is 269 g/mol. The van der Waals surface area contributed by atoms with Crippen molar-refractivity contribution in [2.24, 2.45) is 0 Å². The maximum atomic E-state index is 6.25. The molecular formula is C13H15Cl2N3. The summed E-state index contributed by atoms with van der Waals surface area (Å²) >= 11 is 12.2. The topological polar surface area (TPSA) is 30.7 Å². The van der Waals surface area contributed by atoms with Crippen LogP contribution in [0.2, 0.25) is 5.02 Å². The summed E-state index contributed by atoms with van der Waals surface area (Å²) in [7, 11) is 0. The molecule has 0 amide bonds. The summed E-state index contributed by atoms with van der Waals surface area (Å²) < 4.78 is 2.22. The van der Waals surface area contributed by atoms with Crippen molar-refractivity contribution in [1.29, 1.82) is 0 Å². The maximum absolute atomic E-state index is 6.25. The summed E-state index contributed by atoms with van der Waals surface area (Å²) in [5.74, 6) is 0.910. The number of pyridine rings is 1. The van der Waals surface area contributed by atoms with Crippen LogP contribution in [0.25, 0.3) is 11.2 Å². The van der Waals surface area contributed by atoms with Gasteiger partial charge in [0.2, 0.25) is 0 Å². The second kappa shape index (κ2) is 4.71. The van der Waals surface area contributed by atoms with E-state index in [9.17, 15) is 0 Å². The molecule has 0 radical (unpaired) electrons. The van der Waals surface area contributed by atoms with Crippen LogP contribution in [0, 0.1) is 0 Å². The highest BCUT2D eigenvalue weighted by Gasteiger charge is 2.25. The first-order valence-electron chi connectivity index (χ1n) is 6.34. The predicted molar refractivity (Wildman–Crippen MR) is 74.3 cm³/mol. The molecule has 1 aliphatic carbocycles. The van der Waals surface area contributed by atoms with Gasteiger partial charge in [-0.15, -0.1) is 11.6 Å². The summed E-state index contributed by atoms with van der Waals surface area (Å²) in [4.78, 5) is 9.04. The number of hydrogen-bond acceptors (Lipinski definition) is 2. The molecule has 0 N–H and O–H groups in total. The molecule has 2 aromatic rings. The molecule has 1 saturated carbocycles. The highest BCUT2D eigenvalue weighted by molar-refractivity contribution is 6.31. The molecule has 0 spiro atoms. The Kier molecular flexibility index (Phi) is 3.20. The van der Waals surface area contributed by atoms with Gasteiger partial charge in [-0.3, -0.25) is 0 Å². The number of halogens is 2. The minimum Gasteiger partial charge on any atom is -0.308 e. The van der Waals surface area contributed by atoms with Crippen molar-refractivity contribution in [3.05, 3.63) is 23.1 Å². The van der Waals surface area contributed by atoms with E-state index >= 15 is 0 Å². The molecule has 96 valence electrons. The molecule has 2 heterocycles. The largest absolute Gasteiger partial charge is 0.308 e. The lowest BCUT2D eigenvalue weighted by atomic mass is 10.2. The van der Waals surface area contributed by atoms with Crippen molar-refractivity contribution in [1.82, 2.24) is 14.5 Å². The van der Waals surface area contributed by atoms with E-state index in [0.717, 1.165) is 17.0 Å². The zero-order valence-corrected chi connectivity index (χ0v) is 11.7. The fourth-order valence-corrected chi connectivity index (χ4v) is 3.08. The van der Waals surface area contributed by atoms with Gasteiger partial charge in [-0.25, -0.2) is 9.97 Å². The minimum absolute atomic E-state index is 0.112. The molecule has 1 fully saturated rings. The van der Waals surface area contributed by atoms with Crippen LogP contribution < -0.4 is 0 Å². The van der Waals surface area contributed by atoms with Gasteiger partial charge in [0.1, 0.15) is 11.3 Å². The molecule has 1 aliphatic rings. The predicted octanol–water partition coefficient (Wildman–Crippen LogP) is 4.50. The van der Waals surface area contributed by atoms with Gasteiger partial charge in [-0.05, 0) is 25.8 Å². The van der Waals surface area contributed by atoms with Gasteiger partial charge in [0, 0.05) is 12.2 Å². The quantitative estimate of drug-likeness (QED) is 0.760. The van der Waals surface area contributed by atoms with Gasteiger partial charge >= 0.3 is 0 Å². The summed E-state index contributed by atoms with van der Waals surface area (Å²) in [6, 6.07) is 2.35. The molecule has 5 heteroatoms. The van der Waals surface area contributed by atoms with Gasteiger partial charge in [-0.2, -0.15) is 0 Å². The van der Waals surface area contributed by atoms with Gasteiger partial charge < -0.3 is 4.57 Å². The van der Waals surface area contributed by atoms with Gasteiger partial charge in [0.05, 0.1) is 10.4 Å². The SMILES string of the molecule is CC(Cl)c1nc2cc(Cl)cnc2n1C1CCCC1. The van der Waals surface area contributed by atoms with E-state index in [4.69, 9.17) is 23.2 Å². The maximum Gasteiger partial charge on any atom is 0.160 e. The van der Waals surface area contributed by atoms with Crippen LogP contribution in [-0.2, 0) is 0 Å². The lowest BCUT2D eigenvalue weighted by molar-refractivity contribution is 0.507. The Hall–Kier alpha value is -0.800. The summed E-state index contributed by atoms with van der Waals surface area (Å²) in [6.07, 6.45) is 6.60.